The number of carbonyl (C=O) groups excluding carboxylic acids is 2. The predicted octanol–water partition coefficient (Wildman–Crippen LogP) is 0.755. The molecule has 106 valence electrons. The molecule has 19 heavy (non-hydrogen) atoms. The van der Waals surface area contributed by atoms with Crippen molar-refractivity contribution in [2.45, 2.75) is 59.2 Å². The van der Waals surface area contributed by atoms with E-state index in [1.807, 2.05) is 13.8 Å². The van der Waals surface area contributed by atoms with Crippen molar-refractivity contribution in [1.29, 1.82) is 0 Å². The molecule has 0 aliphatic heterocycles. The van der Waals surface area contributed by atoms with Crippen LogP contribution in [0.5, 0.6) is 0 Å². The van der Waals surface area contributed by atoms with Crippen LogP contribution in [0.3, 0.4) is 0 Å². The molecule has 0 aliphatic rings. The molecule has 0 fully saturated rings. The number of hydrogen-bond donors (Lipinski definition) is 1. The maximum absolute atomic E-state index is 11.5. The first-order chi connectivity index (χ1) is 8.88. The van der Waals surface area contributed by atoms with Crippen molar-refractivity contribution < 1.29 is 9.59 Å². The zero-order valence-electron chi connectivity index (χ0n) is 12.0. The maximum atomic E-state index is 11.5. The van der Waals surface area contributed by atoms with Gasteiger partial charge in [0.15, 0.2) is 0 Å². The minimum absolute atomic E-state index is 0.0898. The highest BCUT2D eigenvalue weighted by molar-refractivity contribution is 5.81. The van der Waals surface area contributed by atoms with Gasteiger partial charge in [0.1, 0.15) is 11.6 Å². The molecule has 0 aromatic carbocycles. The van der Waals surface area contributed by atoms with Crippen LogP contribution in [0.4, 0.5) is 0 Å². The second kappa shape index (κ2) is 7.13. The minimum Gasteiger partial charge on any atom is -0.305 e. The molecule has 0 saturated carbocycles. The number of Topliss-reactive ketones (excluding diaryl/α,β-unsaturated/α-hetero) is 2. The van der Waals surface area contributed by atoms with Crippen molar-refractivity contribution in [3.8, 4) is 0 Å². The standard InChI is InChI=1S/C13H22N4O2/c1-9(2)14-13(11(4)19)7-12-8-17(16-15-12)6-5-10(3)18/h8-9,13-14H,5-7H2,1-4H3. The van der Waals surface area contributed by atoms with E-state index < -0.39 is 0 Å². The van der Waals surface area contributed by atoms with Crippen LogP contribution in [0.25, 0.3) is 0 Å². The topological polar surface area (TPSA) is 76.9 Å². The van der Waals surface area contributed by atoms with E-state index in [-0.39, 0.29) is 23.7 Å². The fraction of sp³-hybridized carbons (Fsp3) is 0.692. The van der Waals surface area contributed by atoms with Crippen LogP contribution in [0.2, 0.25) is 0 Å². The third-order valence-corrected chi connectivity index (χ3v) is 2.72. The van der Waals surface area contributed by atoms with Crippen LogP contribution >= 0.6 is 0 Å². The molecule has 1 atom stereocenters. The van der Waals surface area contributed by atoms with Crippen LogP contribution in [-0.4, -0.2) is 38.6 Å². The lowest BCUT2D eigenvalue weighted by molar-refractivity contribution is -0.119. The highest BCUT2D eigenvalue weighted by Crippen LogP contribution is 2.02. The summed E-state index contributed by atoms with van der Waals surface area (Å²) in [5.41, 5.74) is 0.761. The third-order valence-electron chi connectivity index (χ3n) is 2.72. The van der Waals surface area contributed by atoms with Crippen LogP contribution in [0, 0.1) is 0 Å². The average Bonchev–Trinajstić information content (AvgIpc) is 2.72. The molecule has 1 heterocycles. The van der Waals surface area contributed by atoms with Gasteiger partial charge in [-0.15, -0.1) is 5.10 Å². The van der Waals surface area contributed by atoms with Crippen LogP contribution in [-0.2, 0) is 22.6 Å². The van der Waals surface area contributed by atoms with Crippen LogP contribution < -0.4 is 5.32 Å². The summed E-state index contributed by atoms with van der Waals surface area (Å²) in [5.74, 6) is 0.215. The summed E-state index contributed by atoms with van der Waals surface area (Å²) in [7, 11) is 0. The Morgan fingerprint density at radius 3 is 2.58 bits per heavy atom. The van der Waals surface area contributed by atoms with Gasteiger partial charge >= 0.3 is 0 Å². The zero-order valence-corrected chi connectivity index (χ0v) is 12.0. The van der Waals surface area contributed by atoms with Crippen molar-refractivity contribution in [2.24, 2.45) is 0 Å². The number of aromatic nitrogens is 3. The van der Waals surface area contributed by atoms with Gasteiger partial charge in [0, 0.05) is 31.6 Å². The number of rotatable bonds is 8. The van der Waals surface area contributed by atoms with Crippen molar-refractivity contribution in [1.82, 2.24) is 20.3 Å². The van der Waals surface area contributed by atoms with Gasteiger partial charge in [-0.05, 0) is 13.8 Å². The molecule has 0 spiro atoms. The van der Waals surface area contributed by atoms with Gasteiger partial charge in [-0.3, -0.25) is 14.3 Å². The number of hydrogen-bond acceptors (Lipinski definition) is 5. The van der Waals surface area contributed by atoms with E-state index in [1.54, 1.807) is 24.7 Å². The molecule has 1 rings (SSSR count). The largest absolute Gasteiger partial charge is 0.305 e. The molecule has 6 heteroatoms. The number of ketones is 2. The molecule has 6 nitrogen and oxygen atoms in total. The Morgan fingerprint density at radius 2 is 2.05 bits per heavy atom. The highest BCUT2D eigenvalue weighted by Gasteiger charge is 2.17. The summed E-state index contributed by atoms with van der Waals surface area (Å²) in [6, 6.07) is -0.000357. The lowest BCUT2D eigenvalue weighted by atomic mass is 10.1. The van der Waals surface area contributed by atoms with E-state index >= 15 is 0 Å². The molecule has 1 unspecified atom stereocenters. The van der Waals surface area contributed by atoms with Gasteiger partial charge in [-0.2, -0.15) is 0 Å². The number of nitrogens with zero attached hydrogens (tertiary/aromatic N) is 3. The first-order valence-electron chi connectivity index (χ1n) is 6.53. The van der Waals surface area contributed by atoms with Gasteiger partial charge in [0.2, 0.25) is 0 Å². The van der Waals surface area contributed by atoms with E-state index in [0.717, 1.165) is 5.69 Å². The summed E-state index contributed by atoms with van der Waals surface area (Å²) in [6.45, 7) is 7.65. The first kappa shape index (κ1) is 15.5. The van der Waals surface area contributed by atoms with Crippen molar-refractivity contribution in [2.75, 3.05) is 0 Å². The fourth-order valence-corrected chi connectivity index (χ4v) is 1.74. The van der Waals surface area contributed by atoms with Gasteiger partial charge in [-0.25, -0.2) is 0 Å². The van der Waals surface area contributed by atoms with E-state index in [9.17, 15) is 9.59 Å². The monoisotopic (exact) mass is 266 g/mol. The lowest BCUT2D eigenvalue weighted by Gasteiger charge is -2.17. The molecular formula is C13H22N4O2. The normalized spacial score (nSPS) is 12.7. The molecule has 0 bridgehead atoms. The first-order valence-corrected chi connectivity index (χ1v) is 6.53. The van der Waals surface area contributed by atoms with E-state index in [2.05, 4.69) is 15.6 Å². The Hall–Kier alpha value is -1.56. The average molecular weight is 266 g/mol. The maximum Gasteiger partial charge on any atom is 0.147 e. The van der Waals surface area contributed by atoms with Crippen molar-refractivity contribution in [3.63, 3.8) is 0 Å². The number of carbonyl (C=O) groups is 2. The number of nitrogens with one attached hydrogen (secondary N) is 1. The Morgan fingerprint density at radius 1 is 1.37 bits per heavy atom. The van der Waals surface area contributed by atoms with Gasteiger partial charge in [-0.1, -0.05) is 19.1 Å². The summed E-state index contributed by atoms with van der Waals surface area (Å²) in [6.07, 6.45) is 2.76. The molecule has 0 aliphatic carbocycles. The molecule has 1 aromatic heterocycles. The fourth-order valence-electron chi connectivity index (χ4n) is 1.74. The van der Waals surface area contributed by atoms with E-state index in [4.69, 9.17) is 0 Å². The lowest BCUT2D eigenvalue weighted by Crippen LogP contribution is -2.41. The van der Waals surface area contributed by atoms with Crippen LogP contribution in [0.15, 0.2) is 6.20 Å². The SMILES string of the molecule is CC(=O)CCn1cc(CC(NC(C)C)C(C)=O)nn1. The van der Waals surface area contributed by atoms with E-state index in [1.165, 1.54) is 0 Å². The van der Waals surface area contributed by atoms with Gasteiger partial charge in [0.25, 0.3) is 0 Å². The van der Waals surface area contributed by atoms with Crippen molar-refractivity contribution >= 4 is 11.6 Å². The van der Waals surface area contributed by atoms with E-state index in [0.29, 0.717) is 19.4 Å². The highest BCUT2D eigenvalue weighted by atomic mass is 16.1. The zero-order chi connectivity index (χ0) is 14.4. The molecule has 0 radical (unpaired) electrons. The second-order valence-electron chi connectivity index (χ2n) is 5.11. The quantitative estimate of drug-likeness (QED) is 0.751. The summed E-state index contributed by atoms with van der Waals surface area (Å²) in [4.78, 5) is 22.4. The minimum atomic E-state index is -0.238. The molecule has 0 saturated heterocycles. The Labute approximate surface area is 113 Å². The summed E-state index contributed by atoms with van der Waals surface area (Å²) >= 11 is 0. The Balaban J connectivity index is 2.59. The summed E-state index contributed by atoms with van der Waals surface area (Å²) in [5, 5.41) is 11.2. The molecular weight excluding hydrogens is 244 g/mol. The van der Waals surface area contributed by atoms with Gasteiger partial charge < -0.3 is 5.32 Å². The predicted molar refractivity (Wildman–Crippen MR) is 71.8 cm³/mol. The summed E-state index contributed by atoms with van der Waals surface area (Å²) < 4.78 is 1.64. The Kier molecular flexibility index (Phi) is 5.82. The second-order valence-corrected chi connectivity index (χ2v) is 5.11. The molecule has 1 N–H and O–H groups in total. The molecule has 1 aromatic rings. The Bertz CT molecular complexity index is 440. The smallest absolute Gasteiger partial charge is 0.147 e. The number of aryl methyl sites for hydroxylation is 1. The van der Waals surface area contributed by atoms with Gasteiger partial charge in [0.05, 0.1) is 11.7 Å². The molecule has 0 amide bonds. The third kappa shape index (κ3) is 5.74. The van der Waals surface area contributed by atoms with Crippen molar-refractivity contribution in [3.05, 3.63) is 11.9 Å². The van der Waals surface area contributed by atoms with Crippen LogP contribution in [0.1, 0.15) is 39.8 Å².